The van der Waals surface area contributed by atoms with Crippen LogP contribution in [0.1, 0.15) is 13.3 Å². The summed E-state index contributed by atoms with van der Waals surface area (Å²) in [6.07, 6.45) is 4.14. The lowest BCUT2D eigenvalue weighted by Crippen LogP contribution is -2.63. The molecule has 2 bridgehead atoms. The predicted octanol–water partition coefficient (Wildman–Crippen LogP) is 0.930. The highest BCUT2D eigenvalue weighted by Crippen LogP contribution is 2.52. The first kappa shape index (κ1) is 13.2. The van der Waals surface area contributed by atoms with Crippen molar-refractivity contribution in [2.24, 2.45) is 17.3 Å². The molecule has 18 heavy (non-hydrogen) atoms. The van der Waals surface area contributed by atoms with Crippen LogP contribution in [0.2, 0.25) is 0 Å². The second kappa shape index (κ2) is 4.17. The zero-order valence-corrected chi connectivity index (χ0v) is 11.1. The molecular weight excluding hydrogens is 236 g/mol. The number of hydrogen-bond donors (Lipinski definition) is 0. The molecule has 100 valence electrons. The molecule has 0 aliphatic heterocycles. The van der Waals surface area contributed by atoms with Crippen molar-refractivity contribution in [2.45, 2.75) is 19.1 Å². The fourth-order valence-corrected chi connectivity index (χ4v) is 3.18. The normalized spacial score (nSPS) is 36.8. The van der Waals surface area contributed by atoms with Crippen molar-refractivity contribution in [3.8, 4) is 0 Å². The van der Waals surface area contributed by atoms with Crippen molar-refractivity contribution in [1.82, 2.24) is 0 Å². The molecule has 3 aliphatic rings. The van der Waals surface area contributed by atoms with Crippen molar-refractivity contribution in [3.05, 3.63) is 12.2 Å². The van der Waals surface area contributed by atoms with E-state index in [1.54, 1.807) is 13.0 Å². The Morgan fingerprint density at radius 1 is 1.28 bits per heavy atom. The van der Waals surface area contributed by atoms with Gasteiger partial charge in [0, 0.05) is 20.1 Å². The van der Waals surface area contributed by atoms with Gasteiger partial charge in [0.1, 0.15) is 0 Å². The molecule has 1 fully saturated rings. The van der Waals surface area contributed by atoms with Crippen molar-refractivity contribution in [2.75, 3.05) is 21.3 Å². The van der Waals surface area contributed by atoms with Crippen LogP contribution in [0.15, 0.2) is 12.2 Å². The van der Waals surface area contributed by atoms with Gasteiger partial charge in [-0.1, -0.05) is 12.2 Å². The maximum atomic E-state index is 12.5. The number of carbonyl (C=O) groups excluding carboxylic acids is 2. The second-order valence-electron chi connectivity index (χ2n) is 5.02. The number of allylic oxidation sites excluding steroid dienone is 1. The van der Waals surface area contributed by atoms with Gasteiger partial charge in [0.2, 0.25) is 11.6 Å². The quantitative estimate of drug-likeness (QED) is 0.426. The van der Waals surface area contributed by atoms with E-state index in [0.29, 0.717) is 6.42 Å². The Morgan fingerprint density at radius 2 is 1.89 bits per heavy atom. The summed E-state index contributed by atoms with van der Waals surface area (Å²) in [4.78, 5) is 24.4. The molecule has 0 radical (unpaired) electrons. The lowest BCUT2D eigenvalue weighted by atomic mass is 9.57. The van der Waals surface area contributed by atoms with Gasteiger partial charge in [0.05, 0.1) is 18.4 Å². The maximum Gasteiger partial charge on any atom is 0.312 e. The standard InChI is InChI=1S/C13H18O5/c1-12(11(15)16-2)7-8-5-6-9(12)10(14)13(8,17-3)18-4/h5-6,8-9H,7H2,1-4H3/t8-,9-,12+/m1/s1. The van der Waals surface area contributed by atoms with Crippen LogP contribution < -0.4 is 0 Å². The molecule has 0 aromatic carbocycles. The van der Waals surface area contributed by atoms with E-state index in [2.05, 4.69) is 0 Å². The summed E-state index contributed by atoms with van der Waals surface area (Å²) in [6.45, 7) is 1.76. The molecule has 0 unspecified atom stereocenters. The smallest absolute Gasteiger partial charge is 0.312 e. The third-order valence-electron chi connectivity index (χ3n) is 4.24. The van der Waals surface area contributed by atoms with Gasteiger partial charge in [0.25, 0.3) is 0 Å². The molecule has 0 saturated heterocycles. The highest BCUT2D eigenvalue weighted by Gasteiger charge is 2.63. The summed E-state index contributed by atoms with van der Waals surface area (Å²) in [6, 6.07) is 0. The van der Waals surface area contributed by atoms with Crippen LogP contribution in [0.3, 0.4) is 0 Å². The Labute approximate surface area is 106 Å². The molecule has 3 rings (SSSR count). The molecule has 3 aliphatic carbocycles. The van der Waals surface area contributed by atoms with Crippen molar-refractivity contribution in [3.63, 3.8) is 0 Å². The monoisotopic (exact) mass is 254 g/mol. The number of methoxy groups -OCH3 is 3. The van der Waals surface area contributed by atoms with Gasteiger partial charge in [-0.25, -0.2) is 0 Å². The van der Waals surface area contributed by atoms with Gasteiger partial charge >= 0.3 is 5.97 Å². The molecule has 0 spiro atoms. The Morgan fingerprint density at radius 3 is 2.33 bits per heavy atom. The third kappa shape index (κ3) is 1.40. The molecule has 1 saturated carbocycles. The SMILES string of the molecule is COC(=O)[C@@]1(C)C[C@H]2C=C[C@@H]1C(=O)C2(OC)OC. The first-order valence-corrected chi connectivity index (χ1v) is 5.87. The maximum absolute atomic E-state index is 12.5. The minimum absolute atomic E-state index is 0.209. The summed E-state index contributed by atoms with van der Waals surface area (Å²) < 4.78 is 15.4. The minimum atomic E-state index is -1.26. The molecule has 5 nitrogen and oxygen atoms in total. The summed E-state index contributed by atoms with van der Waals surface area (Å²) >= 11 is 0. The lowest BCUT2D eigenvalue weighted by molar-refractivity contribution is -0.246. The predicted molar refractivity (Wildman–Crippen MR) is 62.6 cm³/mol. The summed E-state index contributed by atoms with van der Waals surface area (Å²) in [5.41, 5.74) is -0.828. The van der Waals surface area contributed by atoms with Gasteiger partial charge in [-0.3, -0.25) is 9.59 Å². The Hall–Kier alpha value is -1.20. The number of hydrogen-bond acceptors (Lipinski definition) is 5. The van der Waals surface area contributed by atoms with Crippen molar-refractivity contribution >= 4 is 11.8 Å². The fourth-order valence-electron chi connectivity index (χ4n) is 3.18. The minimum Gasteiger partial charge on any atom is -0.469 e. The number of Topliss-reactive ketones (excluding diaryl/α,β-unsaturated/α-hetero) is 1. The van der Waals surface area contributed by atoms with E-state index in [0.717, 1.165) is 0 Å². The van der Waals surface area contributed by atoms with Crippen molar-refractivity contribution < 1.29 is 23.8 Å². The van der Waals surface area contributed by atoms with Gasteiger partial charge in [-0.2, -0.15) is 0 Å². The lowest BCUT2D eigenvalue weighted by Gasteiger charge is -2.51. The Kier molecular flexibility index (Phi) is 3.07. The van der Waals surface area contributed by atoms with Crippen LogP contribution in [0.5, 0.6) is 0 Å². The van der Waals surface area contributed by atoms with E-state index in [9.17, 15) is 9.59 Å². The second-order valence-corrected chi connectivity index (χ2v) is 5.02. The molecule has 0 N–H and O–H groups in total. The van der Waals surface area contributed by atoms with Gasteiger partial charge in [-0.05, 0) is 13.3 Å². The molecule has 0 amide bonds. The molecule has 0 aromatic rings. The summed E-state index contributed by atoms with van der Waals surface area (Å²) in [5, 5.41) is 0. The van der Waals surface area contributed by atoms with E-state index in [-0.39, 0.29) is 17.7 Å². The average molecular weight is 254 g/mol. The molecule has 0 heterocycles. The first-order valence-electron chi connectivity index (χ1n) is 5.87. The molecular formula is C13H18O5. The van der Waals surface area contributed by atoms with Gasteiger partial charge in [-0.15, -0.1) is 0 Å². The molecule has 0 aromatic heterocycles. The topological polar surface area (TPSA) is 61.8 Å². The van der Waals surface area contributed by atoms with E-state index < -0.39 is 17.1 Å². The van der Waals surface area contributed by atoms with E-state index in [1.807, 2.05) is 6.08 Å². The van der Waals surface area contributed by atoms with Gasteiger partial charge < -0.3 is 14.2 Å². The number of esters is 1. The molecule has 3 atom stereocenters. The van der Waals surface area contributed by atoms with Crippen LogP contribution in [-0.4, -0.2) is 38.9 Å². The van der Waals surface area contributed by atoms with Crippen LogP contribution in [-0.2, 0) is 23.8 Å². The zero-order valence-electron chi connectivity index (χ0n) is 11.1. The number of fused-ring (bicyclic) bond motifs is 2. The van der Waals surface area contributed by atoms with Gasteiger partial charge in [0.15, 0.2) is 0 Å². The van der Waals surface area contributed by atoms with E-state index in [4.69, 9.17) is 14.2 Å². The Bertz CT molecular complexity index is 410. The van der Waals surface area contributed by atoms with Crippen molar-refractivity contribution in [1.29, 1.82) is 0 Å². The zero-order chi connectivity index (χ0) is 13.6. The van der Waals surface area contributed by atoms with Crippen LogP contribution >= 0.6 is 0 Å². The highest BCUT2D eigenvalue weighted by atomic mass is 16.7. The number of rotatable bonds is 3. The highest BCUT2D eigenvalue weighted by molar-refractivity contribution is 5.97. The first-order chi connectivity index (χ1) is 8.46. The summed E-state index contributed by atoms with van der Waals surface area (Å²) in [5.74, 6) is -2.66. The van der Waals surface area contributed by atoms with E-state index >= 15 is 0 Å². The largest absolute Gasteiger partial charge is 0.469 e. The Balaban J connectivity index is 2.44. The summed E-state index contributed by atoms with van der Waals surface area (Å²) in [7, 11) is 4.24. The average Bonchev–Trinajstić information content (AvgIpc) is 2.39. The number of carbonyl (C=O) groups is 2. The van der Waals surface area contributed by atoms with E-state index in [1.165, 1.54) is 21.3 Å². The van der Waals surface area contributed by atoms with Crippen LogP contribution in [0.4, 0.5) is 0 Å². The van der Waals surface area contributed by atoms with Crippen LogP contribution in [0.25, 0.3) is 0 Å². The molecule has 5 heteroatoms. The third-order valence-corrected chi connectivity index (χ3v) is 4.24. The fraction of sp³-hybridized carbons (Fsp3) is 0.692. The number of ketones is 1. The number of ether oxygens (including phenoxy) is 3. The van der Waals surface area contributed by atoms with Crippen LogP contribution in [0, 0.1) is 17.3 Å².